The summed E-state index contributed by atoms with van der Waals surface area (Å²) in [7, 11) is -3.09. The maximum atomic E-state index is 11.8. The predicted molar refractivity (Wildman–Crippen MR) is 79.6 cm³/mol. The number of thioether (sulfide) groups is 1. The molecule has 0 heterocycles. The molecule has 0 bridgehead atoms. The fourth-order valence-corrected chi connectivity index (χ4v) is 3.87. The van der Waals surface area contributed by atoms with Gasteiger partial charge >= 0.3 is 0 Å². The van der Waals surface area contributed by atoms with E-state index >= 15 is 0 Å². The van der Waals surface area contributed by atoms with E-state index in [1.807, 2.05) is 18.7 Å². The Morgan fingerprint density at radius 2 is 2.11 bits per heavy atom. The van der Waals surface area contributed by atoms with Gasteiger partial charge in [-0.05, 0) is 50.7 Å². The Bertz CT molecular complexity index is 316. The second kappa shape index (κ2) is 8.40. The van der Waals surface area contributed by atoms with Crippen molar-refractivity contribution in [1.29, 1.82) is 0 Å². The Morgan fingerprint density at radius 1 is 1.39 bits per heavy atom. The summed E-state index contributed by atoms with van der Waals surface area (Å²) >= 11 is 1.85. The fraction of sp³-hybridized carbons (Fsp3) is 1.00. The van der Waals surface area contributed by atoms with Gasteiger partial charge in [0.1, 0.15) is 0 Å². The van der Waals surface area contributed by atoms with Crippen LogP contribution < -0.4 is 10.0 Å². The van der Waals surface area contributed by atoms with Crippen molar-refractivity contribution in [2.45, 2.75) is 51.6 Å². The van der Waals surface area contributed by atoms with E-state index < -0.39 is 10.0 Å². The van der Waals surface area contributed by atoms with Gasteiger partial charge in [-0.3, -0.25) is 0 Å². The molecule has 108 valence electrons. The van der Waals surface area contributed by atoms with Crippen LogP contribution in [0.25, 0.3) is 0 Å². The third-order valence-electron chi connectivity index (χ3n) is 2.88. The quantitative estimate of drug-likeness (QED) is 0.568. The molecule has 1 aliphatic rings. The number of nitrogens with one attached hydrogen (secondary N) is 2. The highest BCUT2D eigenvalue weighted by atomic mass is 32.2. The molecule has 0 aromatic carbocycles. The Morgan fingerprint density at radius 3 is 2.72 bits per heavy atom. The van der Waals surface area contributed by atoms with Gasteiger partial charge in [-0.15, -0.1) is 0 Å². The Balaban J connectivity index is 2.08. The molecule has 1 saturated carbocycles. The summed E-state index contributed by atoms with van der Waals surface area (Å²) in [5.41, 5.74) is 0. The molecule has 6 heteroatoms. The zero-order valence-corrected chi connectivity index (χ0v) is 13.1. The van der Waals surface area contributed by atoms with Crippen molar-refractivity contribution < 1.29 is 8.42 Å². The molecular formula is C12H26N2O2S2. The molecule has 0 aliphatic heterocycles. The van der Waals surface area contributed by atoms with E-state index in [0.29, 0.717) is 12.5 Å². The maximum absolute atomic E-state index is 11.8. The lowest BCUT2D eigenvalue weighted by Gasteiger charge is -2.13. The zero-order valence-electron chi connectivity index (χ0n) is 11.4. The van der Waals surface area contributed by atoms with E-state index in [-0.39, 0.29) is 11.8 Å². The molecule has 0 amide bonds. The van der Waals surface area contributed by atoms with Crippen molar-refractivity contribution in [2.24, 2.45) is 0 Å². The number of hydrogen-bond acceptors (Lipinski definition) is 4. The second-order valence-corrected chi connectivity index (χ2v) is 8.17. The van der Waals surface area contributed by atoms with Crippen molar-refractivity contribution in [1.82, 2.24) is 10.0 Å². The summed E-state index contributed by atoms with van der Waals surface area (Å²) in [5.74, 6) is 2.34. The first-order valence-electron chi connectivity index (χ1n) is 6.84. The largest absolute Gasteiger partial charge is 0.314 e. The van der Waals surface area contributed by atoms with Gasteiger partial charge in [0.15, 0.2) is 0 Å². The van der Waals surface area contributed by atoms with Gasteiger partial charge in [0.25, 0.3) is 0 Å². The molecule has 18 heavy (non-hydrogen) atoms. The molecule has 0 radical (unpaired) electrons. The topological polar surface area (TPSA) is 58.2 Å². The molecule has 0 spiro atoms. The van der Waals surface area contributed by atoms with Crippen molar-refractivity contribution >= 4 is 21.8 Å². The average Bonchev–Trinajstić information content (AvgIpc) is 3.08. The smallest absolute Gasteiger partial charge is 0.211 e. The van der Waals surface area contributed by atoms with E-state index in [4.69, 9.17) is 0 Å². The highest BCUT2D eigenvalue weighted by Crippen LogP contribution is 2.18. The summed E-state index contributed by atoms with van der Waals surface area (Å²) in [4.78, 5) is 0. The lowest BCUT2D eigenvalue weighted by atomic mass is 10.3. The molecular weight excluding hydrogens is 268 g/mol. The normalized spacial score (nSPS) is 17.9. The summed E-state index contributed by atoms with van der Waals surface area (Å²) in [6.07, 6.45) is 4.09. The minimum Gasteiger partial charge on any atom is -0.314 e. The SMILES string of the molecule is CCSCCC(C)NS(=O)(=O)CCCNC1CC1. The van der Waals surface area contributed by atoms with Crippen LogP contribution in [0.15, 0.2) is 0 Å². The number of rotatable bonds is 11. The first-order valence-corrected chi connectivity index (χ1v) is 9.65. The molecule has 4 nitrogen and oxygen atoms in total. The summed E-state index contributed by atoms with van der Waals surface area (Å²) in [6, 6.07) is 0.705. The van der Waals surface area contributed by atoms with Crippen LogP contribution in [0.4, 0.5) is 0 Å². The third-order valence-corrected chi connectivity index (χ3v) is 5.40. The van der Waals surface area contributed by atoms with Crippen LogP contribution in [0.1, 0.15) is 39.5 Å². The van der Waals surface area contributed by atoms with Gasteiger partial charge in [0.05, 0.1) is 5.75 Å². The standard InChI is InChI=1S/C12H26N2O2S2/c1-3-17-9-7-11(2)14-18(15,16)10-4-8-13-12-5-6-12/h11-14H,3-10H2,1-2H3. The van der Waals surface area contributed by atoms with Crippen LogP contribution in [0.5, 0.6) is 0 Å². The van der Waals surface area contributed by atoms with Crippen LogP contribution in [0, 0.1) is 0 Å². The molecule has 0 saturated heterocycles. The highest BCUT2D eigenvalue weighted by molar-refractivity contribution is 7.99. The van der Waals surface area contributed by atoms with E-state index in [1.165, 1.54) is 12.8 Å². The fourth-order valence-electron chi connectivity index (χ4n) is 1.68. The van der Waals surface area contributed by atoms with Crippen LogP contribution in [0.2, 0.25) is 0 Å². The summed E-state index contributed by atoms with van der Waals surface area (Å²) < 4.78 is 26.3. The Hall–Kier alpha value is 0.220. The minimum absolute atomic E-state index is 0.0467. The molecule has 1 rings (SSSR count). The van der Waals surface area contributed by atoms with Crippen LogP contribution in [-0.2, 0) is 10.0 Å². The maximum Gasteiger partial charge on any atom is 0.211 e. The lowest BCUT2D eigenvalue weighted by Crippen LogP contribution is -2.35. The number of sulfonamides is 1. The van der Waals surface area contributed by atoms with Gasteiger partial charge in [-0.2, -0.15) is 11.8 Å². The zero-order chi connectivity index (χ0) is 13.4. The second-order valence-electron chi connectivity index (χ2n) is 4.91. The van der Waals surface area contributed by atoms with Gasteiger partial charge < -0.3 is 5.32 Å². The first kappa shape index (κ1) is 16.3. The van der Waals surface area contributed by atoms with E-state index in [0.717, 1.165) is 24.5 Å². The van der Waals surface area contributed by atoms with Crippen LogP contribution in [-0.4, -0.2) is 44.3 Å². The molecule has 1 fully saturated rings. The lowest BCUT2D eigenvalue weighted by molar-refractivity contribution is 0.552. The molecule has 1 aliphatic carbocycles. The van der Waals surface area contributed by atoms with Crippen molar-refractivity contribution in [2.75, 3.05) is 23.8 Å². The first-order chi connectivity index (χ1) is 8.53. The molecule has 2 N–H and O–H groups in total. The molecule has 0 aromatic rings. The van der Waals surface area contributed by atoms with Crippen molar-refractivity contribution in [3.63, 3.8) is 0 Å². The third kappa shape index (κ3) is 8.34. The molecule has 0 aromatic heterocycles. The van der Waals surface area contributed by atoms with Crippen LogP contribution in [0.3, 0.4) is 0 Å². The Labute approximate surface area is 116 Å². The van der Waals surface area contributed by atoms with E-state index in [1.54, 1.807) is 0 Å². The number of hydrogen-bond donors (Lipinski definition) is 2. The monoisotopic (exact) mass is 294 g/mol. The van der Waals surface area contributed by atoms with Gasteiger partial charge in [0, 0.05) is 12.1 Å². The molecule has 1 unspecified atom stereocenters. The minimum atomic E-state index is -3.09. The van der Waals surface area contributed by atoms with Gasteiger partial charge in [-0.1, -0.05) is 6.92 Å². The predicted octanol–water partition coefficient (Wildman–Crippen LogP) is 1.58. The van der Waals surface area contributed by atoms with Crippen LogP contribution >= 0.6 is 11.8 Å². The summed E-state index contributed by atoms with van der Waals surface area (Å²) in [6.45, 7) is 4.87. The molecule has 1 atom stereocenters. The van der Waals surface area contributed by atoms with E-state index in [2.05, 4.69) is 17.0 Å². The van der Waals surface area contributed by atoms with Crippen molar-refractivity contribution in [3.05, 3.63) is 0 Å². The summed E-state index contributed by atoms with van der Waals surface area (Å²) in [5, 5.41) is 3.33. The average molecular weight is 294 g/mol. The highest BCUT2D eigenvalue weighted by Gasteiger charge is 2.20. The van der Waals surface area contributed by atoms with Gasteiger partial charge in [-0.25, -0.2) is 13.1 Å². The van der Waals surface area contributed by atoms with Crippen molar-refractivity contribution in [3.8, 4) is 0 Å². The van der Waals surface area contributed by atoms with E-state index in [9.17, 15) is 8.42 Å². The van der Waals surface area contributed by atoms with Gasteiger partial charge in [0.2, 0.25) is 10.0 Å². The Kier molecular flexibility index (Phi) is 7.60.